The van der Waals surface area contributed by atoms with E-state index in [1.54, 1.807) is 13.1 Å². The van der Waals surface area contributed by atoms with Crippen molar-refractivity contribution in [3.63, 3.8) is 0 Å². The van der Waals surface area contributed by atoms with E-state index in [1.807, 2.05) is 19.9 Å². The first-order valence-corrected chi connectivity index (χ1v) is 8.30. The number of hydrogen-bond acceptors (Lipinski definition) is 7. The summed E-state index contributed by atoms with van der Waals surface area (Å²) in [5.41, 5.74) is 7.31. The van der Waals surface area contributed by atoms with Crippen LogP contribution in [0, 0.1) is 13.8 Å². The number of aryl methyl sites for hydroxylation is 2. The van der Waals surface area contributed by atoms with Gasteiger partial charge in [0.2, 0.25) is 5.95 Å². The number of hydrogen-bond donors (Lipinski definition) is 2. The second-order valence-electron chi connectivity index (χ2n) is 6.55. The van der Waals surface area contributed by atoms with Crippen LogP contribution in [0.3, 0.4) is 0 Å². The van der Waals surface area contributed by atoms with E-state index in [0.717, 1.165) is 36.6 Å². The Balaban J connectivity index is 2.08. The van der Waals surface area contributed by atoms with Crippen molar-refractivity contribution in [2.24, 2.45) is 0 Å². The van der Waals surface area contributed by atoms with Gasteiger partial charge in [0.1, 0.15) is 11.5 Å². The lowest BCUT2D eigenvalue weighted by Crippen LogP contribution is -2.41. The number of nitrogens with two attached hydrogens (primary N) is 1. The Labute approximate surface area is 146 Å². The molecule has 0 spiro atoms. The van der Waals surface area contributed by atoms with Crippen LogP contribution in [0.2, 0.25) is 0 Å². The highest BCUT2D eigenvalue weighted by atomic mass is 16.1. The molecule has 0 bridgehead atoms. The van der Waals surface area contributed by atoms with Gasteiger partial charge >= 0.3 is 0 Å². The third-order valence-electron chi connectivity index (χ3n) is 4.57. The molecular formula is C17H23N7O. The van der Waals surface area contributed by atoms with Gasteiger partial charge in [-0.15, -0.1) is 0 Å². The highest BCUT2D eigenvalue weighted by Gasteiger charge is 2.42. The van der Waals surface area contributed by atoms with Crippen LogP contribution in [-0.4, -0.2) is 39.4 Å². The van der Waals surface area contributed by atoms with Gasteiger partial charge in [0, 0.05) is 31.0 Å². The summed E-state index contributed by atoms with van der Waals surface area (Å²) in [6.07, 6.45) is 1.85. The lowest BCUT2D eigenvalue weighted by molar-refractivity contribution is 0.0957. The molecule has 132 valence electrons. The van der Waals surface area contributed by atoms with E-state index in [4.69, 9.17) is 5.73 Å². The summed E-state index contributed by atoms with van der Waals surface area (Å²) in [7, 11) is 1.59. The second kappa shape index (κ2) is 6.27. The SMILES string of the molecule is CNC(=O)c1cc(C)nc(C2(C)CCCN2c2cc(C)nc(N)n2)n1. The Hall–Kier alpha value is -2.77. The maximum absolute atomic E-state index is 12.0. The number of aromatic nitrogens is 4. The lowest BCUT2D eigenvalue weighted by Gasteiger charge is -2.35. The summed E-state index contributed by atoms with van der Waals surface area (Å²) in [5, 5.41) is 2.62. The standard InChI is InChI=1S/C17H23N7O/c1-10-8-12(14(25)19-4)22-15(20-10)17(3)6-5-7-24(17)13-9-11(2)21-16(18)23-13/h8-9H,5-7H2,1-4H3,(H,19,25)(H2,18,21,23). The maximum Gasteiger partial charge on any atom is 0.269 e. The van der Waals surface area contributed by atoms with Crippen LogP contribution in [-0.2, 0) is 5.54 Å². The van der Waals surface area contributed by atoms with Gasteiger partial charge in [-0.1, -0.05) is 0 Å². The van der Waals surface area contributed by atoms with Crippen molar-refractivity contribution in [2.45, 2.75) is 39.2 Å². The predicted octanol–water partition coefficient (Wildman–Crippen LogP) is 1.34. The molecule has 8 nitrogen and oxygen atoms in total. The highest BCUT2D eigenvalue weighted by Crippen LogP contribution is 2.39. The van der Waals surface area contributed by atoms with Gasteiger partial charge in [0.25, 0.3) is 5.91 Å². The molecule has 1 unspecified atom stereocenters. The Morgan fingerprint density at radius 1 is 1.20 bits per heavy atom. The van der Waals surface area contributed by atoms with Gasteiger partial charge in [-0.3, -0.25) is 4.79 Å². The molecule has 3 rings (SSSR count). The van der Waals surface area contributed by atoms with E-state index in [1.165, 1.54) is 0 Å². The van der Waals surface area contributed by atoms with Crippen LogP contribution >= 0.6 is 0 Å². The average Bonchev–Trinajstić information content (AvgIpc) is 2.95. The number of anilines is 2. The number of nitrogens with zero attached hydrogens (tertiary/aromatic N) is 5. The zero-order chi connectivity index (χ0) is 18.2. The van der Waals surface area contributed by atoms with Gasteiger partial charge in [-0.25, -0.2) is 15.0 Å². The van der Waals surface area contributed by atoms with Gasteiger partial charge in [0.05, 0.1) is 5.54 Å². The van der Waals surface area contributed by atoms with Crippen LogP contribution < -0.4 is 16.0 Å². The van der Waals surface area contributed by atoms with Crippen molar-refractivity contribution in [1.29, 1.82) is 0 Å². The van der Waals surface area contributed by atoms with Crippen molar-refractivity contribution in [2.75, 3.05) is 24.2 Å². The molecule has 1 amide bonds. The predicted molar refractivity (Wildman–Crippen MR) is 95.3 cm³/mol. The van der Waals surface area contributed by atoms with E-state index in [0.29, 0.717) is 11.5 Å². The first-order valence-electron chi connectivity index (χ1n) is 8.30. The number of nitrogens with one attached hydrogen (secondary N) is 1. The molecule has 25 heavy (non-hydrogen) atoms. The van der Waals surface area contributed by atoms with Crippen LogP contribution in [0.25, 0.3) is 0 Å². The zero-order valence-corrected chi connectivity index (χ0v) is 15.0. The topological polar surface area (TPSA) is 110 Å². The molecule has 2 aromatic heterocycles. The molecule has 1 saturated heterocycles. The van der Waals surface area contributed by atoms with Gasteiger partial charge < -0.3 is 16.0 Å². The van der Waals surface area contributed by atoms with Gasteiger partial charge in [0.15, 0.2) is 5.82 Å². The molecule has 1 aliphatic rings. The molecule has 0 radical (unpaired) electrons. The Bertz CT molecular complexity index is 802. The van der Waals surface area contributed by atoms with Crippen LogP contribution in [0.15, 0.2) is 12.1 Å². The van der Waals surface area contributed by atoms with Crippen molar-refractivity contribution in [3.8, 4) is 0 Å². The number of rotatable bonds is 3. The fraction of sp³-hybridized carbons (Fsp3) is 0.471. The quantitative estimate of drug-likeness (QED) is 0.867. The summed E-state index contributed by atoms with van der Waals surface area (Å²) in [6, 6.07) is 3.60. The Kier molecular flexibility index (Phi) is 4.28. The first kappa shape index (κ1) is 17.1. The average molecular weight is 341 g/mol. The molecule has 0 aromatic carbocycles. The lowest BCUT2D eigenvalue weighted by atomic mass is 9.97. The normalized spacial score (nSPS) is 19.9. The number of amides is 1. The molecule has 1 atom stereocenters. The van der Waals surface area contributed by atoms with E-state index in [9.17, 15) is 4.79 Å². The summed E-state index contributed by atoms with van der Waals surface area (Å²) in [4.78, 5) is 31.9. The molecule has 0 aliphatic carbocycles. The summed E-state index contributed by atoms with van der Waals surface area (Å²) in [6.45, 7) is 6.66. The molecule has 1 fully saturated rings. The largest absolute Gasteiger partial charge is 0.368 e. The minimum absolute atomic E-state index is 0.220. The Morgan fingerprint density at radius 3 is 2.60 bits per heavy atom. The first-order chi connectivity index (χ1) is 11.8. The molecule has 3 heterocycles. The van der Waals surface area contributed by atoms with Crippen LogP contribution in [0.4, 0.5) is 11.8 Å². The van der Waals surface area contributed by atoms with E-state index in [2.05, 4.69) is 37.1 Å². The fourth-order valence-electron chi connectivity index (χ4n) is 3.33. The molecule has 0 saturated carbocycles. The van der Waals surface area contributed by atoms with Crippen molar-refractivity contribution >= 4 is 17.7 Å². The molecule has 3 N–H and O–H groups in total. The third-order valence-corrected chi connectivity index (χ3v) is 4.57. The van der Waals surface area contributed by atoms with E-state index >= 15 is 0 Å². The van der Waals surface area contributed by atoms with E-state index in [-0.39, 0.29) is 11.9 Å². The second-order valence-corrected chi connectivity index (χ2v) is 6.55. The monoisotopic (exact) mass is 341 g/mol. The number of carbonyl (C=O) groups excluding carboxylic acids is 1. The highest BCUT2D eigenvalue weighted by molar-refractivity contribution is 5.92. The third kappa shape index (κ3) is 3.11. The summed E-state index contributed by atoms with van der Waals surface area (Å²) >= 11 is 0. The zero-order valence-electron chi connectivity index (χ0n) is 15.0. The number of carbonyl (C=O) groups is 1. The smallest absolute Gasteiger partial charge is 0.269 e. The number of nitrogen functional groups attached to an aromatic ring is 1. The van der Waals surface area contributed by atoms with E-state index < -0.39 is 5.54 Å². The minimum Gasteiger partial charge on any atom is -0.368 e. The Morgan fingerprint density at radius 2 is 1.92 bits per heavy atom. The van der Waals surface area contributed by atoms with Crippen LogP contribution in [0.1, 0.15) is 47.5 Å². The minimum atomic E-state index is -0.456. The van der Waals surface area contributed by atoms with Gasteiger partial charge in [-0.2, -0.15) is 4.98 Å². The van der Waals surface area contributed by atoms with Crippen molar-refractivity contribution in [3.05, 3.63) is 35.0 Å². The van der Waals surface area contributed by atoms with Gasteiger partial charge in [-0.05, 0) is 39.7 Å². The molecule has 1 aliphatic heterocycles. The fourth-order valence-corrected chi connectivity index (χ4v) is 3.33. The maximum atomic E-state index is 12.0. The molecular weight excluding hydrogens is 318 g/mol. The molecule has 8 heteroatoms. The molecule has 2 aromatic rings. The summed E-state index contributed by atoms with van der Waals surface area (Å²) < 4.78 is 0. The summed E-state index contributed by atoms with van der Waals surface area (Å²) in [5.74, 6) is 1.41. The van der Waals surface area contributed by atoms with Crippen molar-refractivity contribution < 1.29 is 4.79 Å². The van der Waals surface area contributed by atoms with Crippen LogP contribution in [0.5, 0.6) is 0 Å². The van der Waals surface area contributed by atoms with Crippen molar-refractivity contribution in [1.82, 2.24) is 25.3 Å².